The molecule has 1 rings (SSSR count). The summed E-state index contributed by atoms with van der Waals surface area (Å²) in [5.41, 5.74) is 0. The fraction of sp³-hybridized carbons (Fsp3) is 0.818. The van der Waals surface area contributed by atoms with Crippen molar-refractivity contribution >= 4 is 12.0 Å². The van der Waals surface area contributed by atoms with Gasteiger partial charge in [0.2, 0.25) is 0 Å². The molecule has 1 fully saturated rings. The molecule has 0 aliphatic heterocycles. The molecule has 2 N–H and O–H groups in total. The third kappa shape index (κ3) is 3.72. The zero-order chi connectivity index (χ0) is 12.1. The molecule has 92 valence electrons. The van der Waals surface area contributed by atoms with Gasteiger partial charge in [0.15, 0.2) is 0 Å². The summed E-state index contributed by atoms with van der Waals surface area (Å²) >= 11 is 0. The number of hydrogen-bond donors (Lipinski definition) is 2. The highest BCUT2D eigenvalue weighted by atomic mass is 16.4. The Bertz CT molecular complexity index is 264. The van der Waals surface area contributed by atoms with E-state index in [1.807, 2.05) is 0 Å². The highest BCUT2D eigenvalue weighted by molar-refractivity contribution is 5.75. The number of amides is 2. The zero-order valence-electron chi connectivity index (χ0n) is 9.90. The van der Waals surface area contributed by atoms with Crippen molar-refractivity contribution < 1.29 is 14.7 Å². The van der Waals surface area contributed by atoms with Crippen LogP contribution in [-0.4, -0.2) is 42.1 Å². The lowest BCUT2D eigenvalue weighted by Gasteiger charge is -2.30. The van der Waals surface area contributed by atoms with Gasteiger partial charge >= 0.3 is 12.0 Å². The maximum Gasteiger partial charge on any atom is 0.317 e. The van der Waals surface area contributed by atoms with E-state index in [1.165, 1.54) is 19.3 Å². The molecule has 0 heterocycles. The van der Waals surface area contributed by atoms with Gasteiger partial charge in [-0.3, -0.25) is 4.79 Å². The number of rotatable bonds is 5. The molecule has 1 aliphatic carbocycles. The predicted octanol–water partition coefficient (Wildman–Crippen LogP) is 1.15. The smallest absolute Gasteiger partial charge is 0.317 e. The van der Waals surface area contributed by atoms with Crippen LogP contribution in [0.4, 0.5) is 4.79 Å². The van der Waals surface area contributed by atoms with E-state index in [0.29, 0.717) is 5.92 Å². The summed E-state index contributed by atoms with van der Waals surface area (Å²) in [5.74, 6) is -0.796. The van der Waals surface area contributed by atoms with E-state index < -0.39 is 11.9 Å². The van der Waals surface area contributed by atoms with E-state index in [0.717, 1.165) is 6.54 Å². The molecule has 0 saturated heterocycles. The molecular weight excluding hydrogens is 208 g/mol. The SMILES string of the molecule is CC(CNC(=O)N(C)CC1CCC1)C(=O)O. The highest BCUT2D eigenvalue weighted by Crippen LogP contribution is 2.26. The minimum atomic E-state index is -0.887. The van der Waals surface area contributed by atoms with Gasteiger partial charge in [-0.2, -0.15) is 0 Å². The number of nitrogens with zero attached hydrogens (tertiary/aromatic N) is 1. The largest absolute Gasteiger partial charge is 0.481 e. The molecule has 0 spiro atoms. The molecule has 5 nitrogen and oxygen atoms in total. The van der Waals surface area contributed by atoms with Crippen molar-refractivity contribution in [3.63, 3.8) is 0 Å². The molecule has 1 atom stereocenters. The van der Waals surface area contributed by atoms with Gasteiger partial charge in [-0.15, -0.1) is 0 Å². The third-order valence-electron chi connectivity index (χ3n) is 3.08. The van der Waals surface area contributed by atoms with Gasteiger partial charge in [0.05, 0.1) is 5.92 Å². The number of carboxylic acid groups (broad SMARTS) is 1. The van der Waals surface area contributed by atoms with Gasteiger partial charge in [-0.25, -0.2) is 4.79 Å². The topological polar surface area (TPSA) is 69.6 Å². The Labute approximate surface area is 95.8 Å². The van der Waals surface area contributed by atoms with Crippen molar-refractivity contribution in [1.82, 2.24) is 10.2 Å². The zero-order valence-corrected chi connectivity index (χ0v) is 9.90. The van der Waals surface area contributed by atoms with E-state index in [1.54, 1.807) is 18.9 Å². The standard InChI is InChI=1S/C11H20N2O3/c1-8(10(14)15)6-12-11(16)13(2)7-9-4-3-5-9/h8-9H,3-7H2,1-2H3,(H,12,16)(H,14,15). The van der Waals surface area contributed by atoms with Crippen LogP contribution in [-0.2, 0) is 4.79 Å². The first-order chi connectivity index (χ1) is 7.50. The van der Waals surface area contributed by atoms with Gasteiger partial charge < -0.3 is 15.3 Å². The summed E-state index contributed by atoms with van der Waals surface area (Å²) in [6.45, 7) is 2.53. The molecule has 1 unspecified atom stereocenters. The van der Waals surface area contributed by atoms with Crippen molar-refractivity contribution in [3.8, 4) is 0 Å². The first kappa shape index (κ1) is 12.8. The quantitative estimate of drug-likeness (QED) is 0.741. The number of carboxylic acids is 1. The van der Waals surface area contributed by atoms with Crippen LogP contribution in [0.1, 0.15) is 26.2 Å². The second-order valence-electron chi connectivity index (χ2n) is 4.60. The average molecular weight is 228 g/mol. The monoisotopic (exact) mass is 228 g/mol. The molecule has 16 heavy (non-hydrogen) atoms. The van der Waals surface area contributed by atoms with Crippen molar-refractivity contribution in [2.24, 2.45) is 11.8 Å². The Balaban J connectivity index is 2.20. The number of urea groups is 1. The summed E-state index contributed by atoms with van der Waals surface area (Å²) in [4.78, 5) is 23.8. The molecule has 0 aromatic heterocycles. The van der Waals surface area contributed by atoms with Crippen LogP contribution < -0.4 is 5.32 Å². The minimum Gasteiger partial charge on any atom is -0.481 e. The molecule has 1 aliphatic rings. The molecule has 0 aromatic rings. The van der Waals surface area contributed by atoms with Gasteiger partial charge in [-0.05, 0) is 18.8 Å². The number of hydrogen-bond acceptors (Lipinski definition) is 2. The van der Waals surface area contributed by atoms with E-state index in [-0.39, 0.29) is 12.6 Å². The molecule has 1 saturated carbocycles. The van der Waals surface area contributed by atoms with Gasteiger partial charge in [-0.1, -0.05) is 13.3 Å². The van der Waals surface area contributed by atoms with E-state index in [4.69, 9.17) is 5.11 Å². The molecule has 2 amide bonds. The fourth-order valence-electron chi connectivity index (χ4n) is 1.61. The highest BCUT2D eigenvalue weighted by Gasteiger charge is 2.21. The first-order valence-electron chi connectivity index (χ1n) is 5.72. The van der Waals surface area contributed by atoms with Gasteiger partial charge in [0.1, 0.15) is 0 Å². The Hall–Kier alpha value is -1.26. The van der Waals surface area contributed by atoms with Crippen LogP contribution in [0.25, 0.3) is 0 Å². The first-order valence-corrected chi connectivity index (χ1v) is 5.72. The molecular formula is C11H20N2O3. The normalized spacial score (nSPS) is 17.4. The van der Waals surface area contributed by atoms with Crippen LogP contribution in [0, 0.1) is 11.8 Å². The van der Waals surface area contributed by atoms with Crippen LogP contribution in [0.2, 0.25) is 0 Å². The van der Waals surface area contributed by atoms with Crippen molar-refractivity contribution in [1.29, 1.82) is 0 Å². The minimum absolute atomic E-state index is 0.181. The second-order valence-corrected chi connectivity index (χ2v) is 4.60. The maximum atomic E-state index is 11.6. The summed E-state index contributed by atoms with van der Waals surface area (Å²) in [7, 11) is 1.75. The van der Waals surface area contributed by atoms with Crippen molar-refractivity contribution in [2.75, 3.05) is 20.1 Å². The van der Waals surface area contributed by atoms with E-state index in [9.17, 15) is 9.59 Å². The second kappa shape index (κ2) is 5.72. The Kier molecular flexibility index (Phi) is 4.58. The van der Waals surface area contributed by atoms with Gasteiger partial charge in [0.25, 0.3) is 0 Å². The number of carbonyl (C=O) groups excluding carboxylic acids is 1. The molecule has 0 radical (unpaired) electrons. The van der Waals surface area contributed by atoms with Crippen LogP contribution in [0.15, 0.2) is 0 Å². The third-order valence-corrected chi connectivity index (χ3v) is 3.08. The summed E-state index contributed by atoms with van der Waals surface area (Å²) in [6, 6.07) is -0.181. The van der Waals surface area contributed by atoms with Crippen LogP contribution in [0.5, 0.6) is 0 Å². The number of carbonyl (C=O) groups is 2. The molecule has 0 aromatic carbocycles. The van der Waals surface area contributed by atoms with E-state index in [2.05, 4.69) is 5.32 Å². The lowest BCUT2D eigenvalue weighted by molar-refractivity contribution is -0.140. The van der Waals surface area contributed by atoms with Crippen molar-refractivity contribution in [3.05, 3.63) is 0 Å². The molecule has 0 bridgehead atoms. The average Bonchev–Trinajstić information content (AvgIpc) is 2.18. The summed E-state index contributed by atoms with van der Waals surface area (Å²) in [5, 5.41) is 11.3. The summed E-state index contributed by atoms with van der Waals surface area (Å²) < 4.78 is 0. The summed E-state index contributed by atoms with van der Waals surface area (Å²) in [6.07, 6.45) is 3.66. The number of nitrogens with one attached hydrogen (secondary N) is 1. The Morgan fingerprint density at radius 1 is 1.50 bits per heavy atom. The van der Waals surface area contributed by atoms with Crippen LogP contribution in [0.3, 0.4) is 0 Å². The predicted molar refractivity (Wildman–Crippen MR) is 60.2 cm³/mol. The Morgan fingerprint density at radius 3 is 2.56 bits per heavy atom. The maximum absolute atomic E-state index is 11.6. The van der Waals surface area contributed by atoms with Crippen LogP contribution >= 0.6 is 0 Å². The lowest BCUT2D eigenvalue weighted by Crippen LogP contribution is -2.43. The van der Waals surface area contributed by atoms with Gasteiger partial charge in [0, 0.05) is 20.1 Å². The van der Waals surface area contributed by atoms with Crippen molar-refractivity contribution in [2.45, 2.75) is 26.2 Å². The molecule has 5 heteroatoms. The lowest BCUT2D eigenvalue weighted by atomic mass is 9.85. The Morgan fingerprint density at radius 2 is 2.12 bits per heavy atom. The number of aliphatic carboxylic acids is 1. The van der Waals surface area contributed by atoms with E-state index >= 15 is 0 Å². The fourth-order valence-corrected chi connectivity index (χ4v) is 1.61.